The fraction of sp³-hybridized carbons (Fsp3) is 0.667. The number of carbonyl (C=O) groups is 1. The zero-order valence-electron chi connectivity index (χ0n) is 11.1. The molecule has 1 fully saturated rings. The number of amides is 1. The van der Waals surface area contributed by atoms with E-state index in [0.717, 1.165) is 25.9 Å². The van der Waals surface area contributed by atoms with Gasteiger partial charge in [-0.2, -0.15) is 0 Å². The molecule has 1 aromatic rings. The zero-order chi connectivity index (χ0) is 13.0. The van der Waals surface area contributed by atoms with Gasteiger partial charge in [-0.15, -0.1) is 12.4 Å². The highest BCUT2D eigenvalue weighted by Gasteiger charge is 2.20. The lowest BCUT2D eigenvalue weighted by Gasteiger charge is -2.31. The maximum absolute atomic E-state index is 11.8. The van der Waals surface area contributed by atoms with Gasteiger partial charge in [0.1, 0.15) is 5.76 Å². The first-order valence-corrected chi connectivity index (χ1v) is 6.33. The van der Waals surface area contributed by atoms with E-state index in [-0.39, 0.29) is 18.3 Å². The van der Waals surface area contributed by atoms with Crippen molar-refractivity contribution in [1.82, 2.24) is 10.1 Å². The maximum Gasteiger partial charge on any atom is 0.239 e. The van der Waals surface area contributed by atoms with Gasteiger partial charge in [0.2, 0.25) is 5.91 Å². The minimum Gasteiger partial charge on any atom is -0.360 e. The van der Waals surface area contributed by atoms with Crippen molar-refractivity contribution in [3.8, 4) is 0 Å². The molecule has 1 aromatic heterocycles. The number of anilines is 1. The van der Waals surface area contributed by atoms with Gasteiger partial charge in [-0.05, 0) is 38.8 Å². The van der Waals surface area contributed by atoms with Gasteiger partial charge in [0.05, 0.1) is 6.54 Å². The lowest BCUT2D eigenvalue weighted by molar-refractivity contribution is -0.117. The molecule has 1 saturated heterocycles. The number of rotatable bonds is 4. The fourth-order valence-corrected chi connectivity index (χ4v) is 2.30. The first-order chi connectivity index (χ1) is 8.67. The average molecular weight is 289 g/mol. The van der Waals surface area contributed by atoms with Crippen LogP contribution < -0.4 is 11.1 Å². The van der Waals surface area contributed by atoms with E-state index >= 15 is 0 Å². The Hall–Kier alpha value is -1.11. The number of hydrogen-bond acceptors (Lipinski definition) is 5. The van der Waals surface area contributed by atoms with Crippen LogP contribution in [0.4, 0.5) is 5.82 Å². The fourth-order valence-electron chi connectivity index (χ4n) is 2.30. The number of nitrogens with two attached hydrogens (primary N) is 1. The first kappa shape index (κ1) is 15.9. The second-order valence-electron chi connectivity index (χ2n) is 4.85. The third-order valence-corrected chi connectivity index (χ3v) is 3.20. The summed E-state index contributed by atoms with van der Waals surface area (Å²) in [5.74, 6) is 1.62. The van der Waals surface area contributed by atoms with E-state index in [9.17, 15) is 4.79 Å². The molecular weight excluding hydrogens is 268 g/mol. The van der Waals surface area contributed by atoms with E-state index < -0.39 is 0 Å². The first-order valence-electron chi connectivity index (χ1n) is 6.33. The Morgan fingerprint density at radius 3 is 3.11 bits per heavy atom. The molecular formula is C12H21ClN4O2. The summed E-state index contributed by atoms with van der Waals surface area (Å²) < 4.78 is 4.89. The van der Waals surface area contributed by atoms with Crippen LogP contribution >= 0.6 is 12.4 Å². The van der Waals surface area contributed by atoms with E-state index in [2.05, 4.69) is 15.4 Å². The number of aromatic nitrogens is 1. The molecule has 2 heterocycles. The smallest absolute Gasteiger partial charge is 0.239 e. The molecule has 2 rings (SSSR count). The minimum absolute atomic E-state index is 0. The van der Waals surface area contributed by atoms with Gasteiger partial charge in [-0.1, -0.05) is 5.16 Å². The van der Waals surface area contributed by atoms with Crippen LogP contribution in [-0.4, -0.2) is 42.1 Å². The van der Waals surface area contributed by atoms with Crippen molar-refractivity contribution >= 4 is 24.1 Å². The number of halogens is 1. The van der Waals surface area contributed by atoms with E-state index in [4.69, 9.17) is 10.3 Å². The van der Waals surface area contributed by atoms with Gasteiger partial charge < -0.3 is 15.6 Å². The van der Waals surface area contributed by atoms with Crippen molar-refractivity contribution in [2.45, 2.75) is 19.8 Å². The molecule has 0 bridgehead atoms. The Kier molecular flexibility index (Phi) is 6.27. The predicted molar refractivity (Wildman–Crippen MR) is 75.3 cm³/mol. The molecule has 0 saturated carbocycles. The van der Waals surface area contributed by atoms with Crippen LogP contribution in [0, 0.1) is 12.8 Å². The van der Waals surface area contributed by atoms with Gasteiger partial charge in [-0.25, -0.2) is 0 Å². The van der Waals surface area contributed by atoms with Crippen LogP contribution in [0.3, 0.4) is 0 Å². The van der Waals surface area contributed by atoms with Crippen LogP contribution in [0.25, 0.3) is 0 Å². The zero-order valence-corrected chi connectivity index (χ0v) is 11.9. The lowest BCUT2D eigenvalue weighted by Crippen LogP contribution is -2.42. The van der Waals surface area contributed by atoms with Gasteiger partial charge >= 0.3 is 0 Å². The third kappa shape index (κ3) is 4.81. The second kappa shape index (κ2) is 7.47. The highest BCUT2D eigenvalue weighted by Crippen LogP contribution is 2.15. The van der Waals surface area contributed by atoms with Gasteiger partial charge in [0.15, 0.2) is 5.82 Å². The predicted octanol–water partition coefficient (Wildman–Crippen LogP) is 1.01. The number of hydrogen-bond donors (Lipinski definition) is 2. The molecule has 1 amide bonds. The van der Waals surface area contributed by atoms with Crippen LogP contribution in [0.1, 0.15) is 18.6 Å². The summed E-state index contributed by atoms with van der Waals surface area (Å²) in [6.07, 6.45) is 2.27. The lowest BCUT2D eigenvalue weighted by atomic mass is 9.98. The summed E-state index contributed by atoms with van der Waals surface area (Å²) in [6.45, 7) is 4.74. The Bertz CT molecular complexity index is 410. The molecule has 1 atom stereocenters. The molecule has 0 aromatic carbocycles. The second-order valence-corrected chi connectivity index (χ2v) is 4.85. The van der Waals surface area contributed by atoms with Crippen molar-refractivity contribution in [2.75, 3.05) is 31.5 Å². The average Bonchev–Trinajstić information content (AvgIpc) is 2.74. The molecule has 0 spiro atoms. The van der Waals surface area contributed by atoms with Crippen LogP contribution in [0.2, 0.25) is 0 Å². The van der Waals surface area contributed by atoms with E-state index in [1.54, 1.807) is 13.0 Å². The summed E-state index contributed by atoms with van der Waals surface area (Å²) in [5.41, 5.74) is 5.67. The SMILES string of the molecule is Cc1cc(NC(=O)CN2CCCC(CN)C2)no1.Cl. The summed E-state index contributed by atoms with van der Waals surface area (Å²) in [7, 11) is 0. The molecule has 0 aliphatic carbocycles. The third-order valence-electron chi connectivity index (χ3n) is 3.20. The quantitative estimate of drug-likeness (QED) is 0.864. The number of likely N-dealkylation sites (tertiary alicyclic amines) is 1. The Morgan fingerprint density at radius 1 is 1.68 bits per heavy atom. The Labute approximate surface area is 119 Å². The van der Waals surface area contributed by atoms with Crippen molar-refractivity contribution in [3.05, 3.63) is 11.8 Å². The largest absolute Gasteiger partial charge is 0.360 e. The van der Waals surface area contributed by atoms with Crippen molar-refractivity contribution in [2.24, 2.45) is 11.7 Å². The molecule has 1 aliphatic heterocycles. The molecule has 3 N–H and O–H groups in total. The van der Waals surface area contributed by atoms with E-state index in [1.165, 1.54) is 0 Å². The maximum atomic E-state index is 11.8. The van der Waals surface area contributed by atoms with Crippen LogP contribution in [0.5, 0.6) is 0 Å². The number of nitrogens with one attached hydrogen (secondary N) is 1. The molecule has 108 valence electrons. The number of nitrogens with zero attached hydrogens (tertiary/aromatic N) is 2. The molecule has 1 unspecified atom stereocenters. The van der Waals surface area contributed by atoms with E-state index in [1.807, 2.05) is 0 Å². The van der Waals surface area contributed by atoms with Crippen LogP contribution in [-0.2, 0) is 4.79 Å². The topological polar surface area (TPSA) is 84.4 Å². The highest BCUT2D eigenvalue weighted by molar-refractivity contribution is 5.91. The summed E-state index contributed by atoms with van der Waals surface area (Å²) >= 11 is 0. The Balaban J connectivity index is 0.00000180. The minimum atomic E-state index is -0.0547. The van der Waals surface area contributed by atoms with Crippen molar-refractivity contribution in [1.29, 1.82) is 0 Å². The molecule has 7 heteroatoms. The number of aryl methyl sites for hydroxylation is 1. The monoisotopic (exact) mass is 288 g/mol. The van der Waals surface area contributed by atoms with Crippen molar-refractivity contribution < 1.29 is 9.32 Å². The molecule has 6 nitrogen and oxygen atoms in total. The standard InChI is InChI=1S/C12H20N4O2.ClH/c1-9-5-11(15-18-9)14-12(17)8-16-4-2-3-10(6-13)7-16;/h5,10H,2-4,6-8,13H2,1H3,(H,14,15,17);1H. The summed E-state index contributed by atoms with van der Waals surface area (Å²) in [5, 5.41) is 6.46. The van der Waals surface area contributed by atoms with Crippen LogP contribution in [0.15, 0.2) is 10.6 Å². The van der Waals surface area contributed by atoms with E-state index in [0.29, 0.717) is 30.6 Å². The number of piperidine rings is 1. The molecule has 1 aliphatic rings. The summed E-state index contributed by atoms with van der Waals surface area (Å²) in [6, 6.07) is 1.71. The molecule has 0 radical (unpaired) electrons. The Morgan fingerprint density at radius 2 is 2.47 bits per heavy atom. The molecule has 19 heavy (non-hydrogen) atoms. The number of carbonyl (C=O) groups excluding carboxylic acids is 1. The van der Waals surface area contributed by atoms with Crippen molar-refractivity contribution in [3.63, 3.8) is 0 Å². The normalized spacial score (nSPS) is 19.8. The highest BCUT2D eigenvalue weighted by atomic mass is 35.5. The summed E-state index contributed by atoms with van der Waals surface area (Å²) in [4.78, 5) is 14.0. The van der Waals surface area contributed by atoms with Gasteiger partial charge in [-0.3, -0.25) is 9.69 Å². The van der Waals surface area contributed by atoms with Gasteiger partial charge in [0, 0.05) is 12.6 Å². The van der Waals surface area contributed by atoms with Gasteiger partial charge in [0.25, 0.3) is 0 Å².